The van der Waals surface area contributed by atoms with Crippen molar-refractivity contribution in [3.8, 4) is 0 Å². The zero-order valence-corrected chi connectivity index (χ0v) is 11.4. The second-order valence-corrected chi connectivity index (χ2v) is 5.96. The lowest BCUT2D eigenvalue weighted by Crippen LogP contribution is -2.11. The number of anilines is 1. The number of hydrogen-bond acceptors (Lipinski definition) is 2. The first-order valence-electron chi connectivity index (χ1n) is 6.32. The van der Waals surface area contributed by atoms with Crippen molar-refractivity contribution < 1.29 is 9.18 Å². The number of benzene rings is 1. The lowest BCUT2D eigenvalue weighted by atomic mass is 10.2. The number of aryl methyl sites for hydroxylation is 3. The molecule has 0 radical (unpaired) electrons. The van der Waals surface area contributed by atoms with E-state index in [-0.39, 0.29) is 11.7 Å². The average molecular weight is 275 g/mol. The molecule has 4 heteroatoms. The summed E-state index contributed by atoms with van der Waals surface area (Å²) in [6.45, 7) is 1.85. The van der Waals surface area contributed by atoms with Crippen LogP contribution in [0.25, 0.3) is 0 Å². The van der Waals surface area contributed by atoms with E-state index in [2.05, 4.69) is 5.32 Å². The van der Waals surface area contributed by atoms with Gasteiger partial charge in [0.1, 0.15) is 5.82 Å². The van der Waals surface area contributed by atoms with Crippen LogP contribution in [-0.4, -0.2) is 5.91 Å². The number of nitrogens with one attached hydrogen (secondary N) is 1. The monoisotopic (exact) mass is 275 g/mol. The smallest absolute Gasteiger partial charge is 0.265 e. The predicted octanol–water partition coefficient (Wildman–Crippen LogP) is 3.94. The Kier molecular flexibility index (Phi) is 3.11. The van der Waals surface area contributed by atoms with E-state index in [0.717, 1.165) is 18.4 Å². The number of carbonyl (C=O) groups excluding carboxylic acids is 1. The van der Waals surface area contributed by atoms with E-state index >= 15 is 0 Å². The van der Waals surface area contributed by atoms with Gasteiger partial charge in [-0.25, -0.2) is 4.39 Å². The number of hydrogen-bond donors (Lipinski definition) is 1. The highest BCUT2D eigenvalue weighted by molar-refractivity contribution is 7.14. The van der Waals surface area contributed by atoms with Crippen molar-refractivity contribution in [1.29, 1.82) is 0 Å². The zero-order valence-electron chi connectivity index (χ0n) is 10.6. The standard InChI is InChI=1S/C15H14FNOS/c1-9-5-6-11(16)8-12(9)17-15(18)14-7-10-3-2-4-13(10)19-14/h5-8H,2-4H2,1H3,(H,17,18). The highest BCUT2D eigenvalue weighted by Crippen LogP contribution is 2.31. The molecule has 19 heavy (non-hydrogen) atoms. The molecular weight excluding hydrogens is 261 g/mol. The Bertz CT molecular complexity index is 626. The number of halogens is 1. The van der Waals surface area contributed by atoms with Crippen LogP contribution in [-0.2, 0) is 12.8 Å². The van der Waals surface area contributed by atoms with Gasteiger partial charge in [-0.15, -0.1) is 11.3 Å². The Balaban J connectivity index is 1.82. The van der Waals surface area contributed by atoms with Gasteiger partial charge < -0.3 is 5.32 Å². The van der Waals surface area contributed by atoms with Crippen LogP contribution in [0.1, 0.15) is 32.1 Å². The van der Waals surface area contributed by atoms with Crippen molar-refractivity contribution in [2.45, 2.75) is 26.2 Å². The van der Waals surface area contributed by atoms with Crippen LogP contribution < -0.4 is 5.32 Å². The summed E-state index contributed by atoms with van der Waals surface area (Å²) >= 11 is 1.55. The van der Waals surface area contributed by atoms with E-state index in [9.17, 15) is 9.18 Å². The van der Waals surface area contributed by atoms with E-state index in [0.29, 0.717) is 10.6 Å². The number of carbonyl (C=O) groups is 1. The molecule has 98 valence electrons. The molecule has 0 bridgehead atoms. The van der Waals surface area contributed by atoms with Crippen LogP contribution in [0.4, 0.5) is 10.1 Å². The molecule has 2 aromatic rings. The van der Waals surface area contributed by atoms with E-state index in [1.165, 1.54) is 29.0 Å². The van der Waals surface area contributed by atoms with Gasteiger partial charge in [0.2, 0.25) is 0 Å². The second-order valence-electron chi connectivity index (χ2n) is 4.83. The molecule has 0 unspecified atom stereocenters. The van der Waals surface area contributed by atoms with Gasteiger partial charge in [0.05, 0.1) is 4.88 Å². The van der Waals surface area contributed by atoms with Gasteiger partial charge in [-0.2, -0.15) is 0 Å². The molecule has 1 aliphatic rings. The fourth-order valence-electron chi connectivity index (χ4n) is 2.35. The maximum absolute atomic E-state index is 13.2. The Morgan fingerprint density at radius 2 is 2.16 bits per heavy atom. The van der Waals surface area contributed by atoms with E-state index < -0.39 is 0 Å². The molecule has 3 rings (SSSR count). The lowest BCUT2D eigenvalue weighted by molar-refractivity contribution is 0.103. The molecule has 0 fully saturated rings. The maximum atomic E-state index is 13.2. The molecule has 2 nitrogen and oxygen atoms in total. The number of amides is 1. The van der Waals surface area contributed by atoms with Crippen LogP contribution in [0.5, 0.6) is 0 Å². The molecule has 1 amide bonds. The van der Waals surface area contributed by atoms with Crippen molar-refractivity contribution in [2.24, 2.45) is 0 Å². The van der Waals surface area contributed by atoms with Gasteiger partial charge in [-0.1, -0.05) is 6.07 Å². The molecule has 1 heterocycles. The first-order chi connectivity index (χ1) is 9.13. The first-order valence-corrected chi connectivity index (χ1v) is 7.14. The van der Waals surface area contributed by atoms with Gasteiger partial charge in [0.25, 0.3) is 5.91 Å². The summed E-state index contributed by atoms with van der Waals surface area (Å²) in [5.41, 5.74) is 2.70. The van der Waals surface area contributed by atoms with Crippen LogP contribution in [0.15, 0.2) is 24.3 Å². The largest absolute Gasteiger partial charge is 0.321 e. The van der Waals surface area contributed by atoms with Crippen molar-refractivity contribution in [2.75, 3.05) is 5.32 Å². The molecule has 0 atom stereocenters. The number of fused-ring (bicyclic) bond motifs is 1. The van der Waals surface area contributed by atoms with E-state index in [4.69, 9.17) is 0 Å². The summed E-state index contributed by atoms with van der Waals surface area (Å²) < 4.78 is 13.2. The van der Waals surface area contributed by atoms with Crippen molar-refractivity contribution in [1.82, 2.24) is 0 Å². The highest BCUT2D eigenvalue weighted by Gasteiger charge is 2.18. The summed E-state index contributed by atoms with van der Waals surface area (Å²) in [4.78, 5) is 14.2. The Labute approximate surface area is 115 Å². The van der Waals surface area contributed by atoms with E-state index in [1.54, 1.807) is 17.4 Å². The summed E-state index contributed by atoms with van der Waals surface area (Å²) in [6, 6.07) is 6.38. The minimum Gasteiger partial charge on any atom is -0.321 e. The third kappa shape index (κ3) is 2.40. The lowest BCUT2D eigenvalue weighted by Gasteiger charge is -2.07. The summed E-state index contributed by atoms with van der Waals surface area (Å²) in [6.07, 6.45) is 3.33. The number of thiophene rings is 1. The van der Waals surface area contributed by atoms with Crippen LogP contribution >= 0.6 is 11.3 Å². The zero-order chi connectivity index (χ0) is 13.4. The average Bonchev–Trinajstić information content (AvgIpc) is 2.94. The summed E-state index contributed by atoms with van der Waals surface area (Å²) in [5.74, 6) is -0.484. The molecule has 1 aromatic heterocycles. The van der Waals surface area contributed by atoms with Crippen LogP contribution in [0.2, 0.25) is 0 Å². The van der Waals surface area contributed by atoms with Crippen LogP contribution in [0, 0.1) is 12.7 Å². The van der Waals surface area contributed by atoms with Gasteiger partial charge in [-0.3, -0.25) is 4.79 Å². The molecular formula is C15H14FNOS. The van der Waals surface area contributed by atoms with Gasteiger partial charge in [0.15, 0.2) is 0 Å². The highest BCUT2D eigenvalue weighted by atomic mass is 32.1. The Hall–Kier alpha value is -1.68. The van der Waals surface area contributed by atoms with Gasteiger partial charge in [0, 0.05) is 10.6 Å². The summed E-state index contributed by atoms with van der Waals surface area (Å²) in [7, 11) is 0. The normalized spacial score (nSPS) is 13.4. The quantitative estimate of drug-likeness (QED) is 0.883. The Morgan fingerprint density at radius 1 is 1.32 bits per heavy atom. The van der Waals surface area contributed by atoms with Crippen molar-refractivity contribution in [3.05, 3.63) is 51.0 Å². The van der Waals surface area contributed by atoms with Crippen molar-refractivity contribution >= 4 is 22.9 Å². The first kappa shape index (κ1) is 12.4. The second kappa shape index (κ2) is 4.78. The third-order valence-corrected chi connectivity index (χ3v) is 4.65. The molecule has 0 spiro atoms. The third-order valence-electron chi connectivity index (χ3n) is 3.42. The van der Waals surface area contributed by atoms with Crippen LogP contribution in [0.3, 0.4) is 0 Å². The summed E-state index contributed by atoms with van der Waals surface area (Å²) in [5, 5.41) is 2.79. The number of rotatable bonds is 2. The molecule has 0 saturated carbocycles. The molecule has 1 aromatic carbocycles. The fourth-order valence-corrected chi connectivity index (χ4v) is 3.50. The molecule has 0 saturated heterocycles. The minimum atomic E-state index is -0.338. The fraction of sp³-hybridized carbons (Fsp3) is 0.267. The maximum Gasteiger partial charge on any atom is 0.265 e. The molecule has 1 N–H and O–H groups in total. The van der Waals surface area contributed by atoms with Gasteiger partial charge in [-0.05, 0) is 55.5 Å². The van der Waals surface area contributed by atoms with Gasteiger partial charge >= 0.3 is 0 Å². The van der Waals surface area contributed by atoms with E-state index in [1.807, 2.05) is 13.0 Å². The Morgan fingerprint density at radius 3 is 2.95 bits per heavy atom. The topological polar surface area (TPSA) is 29.1 Å². The molecule has 1 aliphatic carbocycles. The SMILES string of the molecule is Cc1ccc(F)cc1NC(=O)c1cc2c(s1)CCC2. The van der Waals surface area contributed by atoms with Crippen molar-refractivity contribution in [3.63, 3.8) is 0 Å². The minimum absolute atomic E-state index is 0.145. The predicted molar refractivity (Wildman–Crippen MR) is 75.4 cm³/mol. The molecule has 0 aliphatic heterocycles.